The van der Waals surface area contributed by atoms with Gasteiger partial charge in [0.25, 0.3) is 0 Å². The van der Waals surface area contributed by atoms with Gasteiger partial charge in [-0.25, -0.2) is 12.8 Å². The number of benzene rings is 1. The summed E-state index contributed by atoms with van der Waals surface area (Å²) in [6, 6.07) is 7.50. The number of aromatic nitrogens is 1. The number of halogens is 2. The molecule has 0 amide bonds. The lowest BCUT2D eigenvalue weighted by Crippen LogP contribution is -2.48. The third-order valence-corrected chi connectivity index (χ3v) is 6.41. The standard InChI is InChI=1S/C17H19ClFN3O2S/c1-13-10-14(4-5-20-13)12-21-6-8-22(9-7-21)25(23,24)15-2-3-17(19)16(18)11-15/h2-5,10-11H,6-9,12H2,1H3. The number of hydrogen-bond acceptors (Lipinski definition) is 4. The van der Waals surface area contributed by atoms with Crippen LogP contribution in [0, 0.1) is 12.7 Å². The molecule has 5 nitrogen and oxygen atoms in total. The van der Waals surface area contributed by atoms with E-state index in [1.807, 2.05) is 19.1 Å². The summed E-state index contributed by atoms with van der Waals surface area (Å²) in [5.74, 6) is -0.627. The molecule has 1 fully saturated rings. The zero-order valence-electron chi connectivity index (χ0n) is 13.8. The van der Waals surface area contributed by atoms with Gasteiger partial charge in [0, 0.05) is 44.6 Å². The molecule has 1 aromatic carbocycles. The summed E-state index contributed by atoms with van der Waals surface area (Å²) in [4.78, 5) is 6.41. The van der Waals surface area contributed by atoms with Gasteiger partial charge in [0.2, 0.25) is 10.0 Å². The van der Waals surface area contributed by atoms with Gasteiger partial charge in [0.15, 0.2) is 0 Å². The van der Waals surface area contributed by atoms with Gasteiger partial charge in [0.05, 0.1) is 9.92 Å². The molecular formula is C17H19ClFN3O2S. The second kappa shape index (κ2) is 7.37. The molecule has 25 heavy (non-hydrogen) atoms. The monoisotopic (exact) mass is 383 g/mol. The second-order valence-corrected chi connectivity index (χ2v) is 8.41. The number of piperazine rings is 1. The highest BCUT2D eigenvalue weighted by atomic mass is 35.5. The van der Waals surface area contributed by atoms with E-state index in [-0.39, 0.29) is 9.92 Å². The van der Waals surface area contributed by atoms with Crippen LogP contribution in [-0.4, -0.2) is 48.8 Å². The maximum absolute atomic E-state index is 13.3. The quantitative estimate of drug-likeness (QED) is 0.814. The van der Waals surface area contributed by atoms with Gasteiger partial charge in [0.1, 0.15) is 5.82 Å². The highest BCUT2D eigenvalue weighted by molar-refractivity contribution is 7.89. The minimum Gasteiger partial charge on any atom is -0.296 e. The number of pyridine rings is 1. The van der Waals surface area contributed by atoms with Crippen LogP contribution in [0.15, 0.2) is 41.4 Å². The van der Waals surface area contributed by atoms with Crippen LogP contribution in [0.3, 0.4) is 0 Å². The summed E-state index contributed by atoms with van der Waals surface area (Å²) < 4.78 is 40.0. The SMILES string of the molecule is Cc1cc(CN2CCN(S(=O)(=O)c3ccc(F)c(Cl)c3)CC2)ccn1. The van der Waals surface area contributed by atoms with E-state index in [1.165, 1.54) is 16.4 Å². The van der Waals surface area contributed by atoms with Crippen molar-refractivity contribution in [2.75, 3.05) is 26.2 Å². The Morgan fingerprint density at radius 2 is 1.88 bits per heavy atom. The first-order valence-corrected chi connectivity index (χ1v) is 9.77. The fraction of sp³-hybridized carbons (Fsp3) is 0.353. The summed E-state index contributed by atoms with van der Waals surface area (Å²) in [5, 5.41) is -0.187. The van der Waals surface area contributed by atoms with E-state index < -0.39 is 15.8 Å². The second-order valence-electron chi connectivity index (χ2n) is 6.06. The minimum atomic E-state index is -3.66. The molecule has 1 aliphatic heterocycles. The van der Waals surface area contributed by atoms with Crippen LogP contribution in [0.5, 0.6) is 0 Å². The Bertz CT molecular complexity index is 868. The molecule has 2 heterocycles. The summed E-state index contributed by atoms with van der Waals surface area (Å²) in [6.07, 6.45) is 1.78. The van der Waals surface area contributed by atoms with Crippen LogP contribution in [0.4, 0.5) is 4.39 Å². The van der Waals surface area contributed by atoms with Crippen molar-refractivity contribution >= 4 is 21.6 Å². The number of nitrogens with zero attached hydrogens (tertiary/aromatic N) is 3. The molecule has 0 radical (unpaired) electrons. The van der Waals surface area contributed by atoms with Gasteiger partial charge >= 0.3 is 0 Å². The van der Waals surface area contributed by atoms with E-state index in [1.54, 1.807) is 6.20 Å². The normalized spacial score (nSPS) is 16.9. The van der Waals surface area contributed by atoms with Gasteiger partial charge in [-0.3, -0.25) is 9.88 Å². The zero-order chi connectivity index (χ0) is 18.0. The first kappa shape index (κ1) is 18.3. The van der Waals surface area contributed by atoms with Crippen molar-refractivity contribution in [1.29, 1.82) is 0 Å². The molecule has 1 aliphatic rings. The number of hydrogen-bond donors (Lipinski definition) is 0. The Kier molecular flexibility index (Phi) is 5.38. The largest absolute Gasteiger partial charge is 0.296 e. The predicted molar refractivity (Wildman–Crippen MR) is 94.4 cm³/mol. The summed E-state index contributed by atoms with van der Waals surface area (Å²) in [5.41, 5.74) is 2.13. The smallest absolute Gasteiger partial charge is 0.243 e. The van der Waals surface area contributed by atoms with Crippen LogP contribution in [0.1, 0.15) is 11.3 Å². The lowest BCUT2D eigenvalue weighted by Gasteiger charge is -2.34. The maximum atomic E-state index is 13.3. The van der Waals surface area contributed by atoms with Crippen molar-refractivity contribution in [3.8, 4) is 0 Å². The Labute approximate surface area is 152 Å². The Morgan fingerprint density at radius 3 is 2.52 bits per heavy atom. The van der Waals surface area contributed by atoms with E-state index in [0.29, 0.717) is 26.2 Å². The fourth-order valence-electron chi connectivity index (χ4n) is 2.88. The van der Waals surface area contributed by atoms with Crippen LogP contribution >= 0.6 is 11.6 Å². The molecule has 3 rings (SSSR count). The first-order chi connectivity index (χ1) is 11.9. The van der Waals surface area contributed by atoms with Gasteiger partial charge in [-0.2, -0.15) is 4.31 Å². The maximum Gasteiger partial charge on any atom is 0.243 e. The molecule has 8 heteroatoms. The van der Waals surface area contributed by atoms with Crippen molar-refractivity contribution in [2.45, 2.75) is 18.4 Å². The molecule has 1 saturated heterocycles. The Balaban J connectivity index is 1.66. The topological polar surface area (TPSA) is 53.5 Å². The average Bonchev–Trinajstić information content (AvgIpc) is 2.58. The Morgan fingerprint density at radius 1 is 1.16 bits per heavy atom. The van der Waals surface area contributed by atoms with E-state index in [2.05, 4.69) is 9.88 Å². The van der Waals surface area contributed by atoms with Crippen LogP contribution in [-0.2, 0) is 16.6 Å². The van der Waals surface area contributed by atoms with Crippen molar-refractivity contribution in [2.24, 2.45) is 0 Å². The summed E-state index contributed by atoms with van der Waals surface area (Å²) >= 11 is 5.71. The molecule has 134 valence electrons. The molecule has 0 unspecified atom stereocenters. The molecule has 1 aromatic heterocycles. The van der Waals surface area contributed by atoms with Gasteiger partial charge in [-0.15, -0.1) is 0 Å². The fourth-order valence-corrected chi connectivity index (χ4v) is 4.57. The molecular weight excluding hydrogens is 365 g/mol. The first-order valence-electron chi connectivity index (χ1n) is 7.95. The molecule has 0 aliphatic carbocycles. The molecule has 0 saturated carbocycles. The van der Waals surface area contributed by atoms with Gasteiger partial charge in [-0.05, 0) is 42.8 Å². The van der Waals surface area contributed by atoms with Crippen molar-refractivity contribution in [3.05, 3.63) is 58.6 Å². The summed E-state index contributed by atoms with van der Waals surface area (Å²) in [7, 11) is -3.66. The Hall–Kier alpha value is -1.54. The molecule has 2 aromatic rings. The van der Waals surface area contributed by atoms with Crippen LogP contribution < -0.4 is 0 Å². The van der Waals surface area contributed by atoms with Crippen LogP contribution in [0.2, 0.25) is 5.02 Å². The zero-order valence-corrected chi connectivity index (χ0v) is 15.4. The van der Waals surface area contributed by atoms with Gasteiger partial charge in [-0.1, -0.05) is 11.6 Å². The van der Waals surface area contributed by atoms with E-state index in [0.717, 1.165) is 23.9 Å². The lowest BCUT2D eigenvalue weighted by atomic mass is 10.2. The van der Waals surface area contributed by atoms with Crippen molar-refractivity contribution < 1.29 is 12.8 Å². The third kappa shape index (κ3) is 4.17. The van der Waals surface area contributed by atoms with E-state index >= 15 is 0 Å². The number of rotatable bonds is 4. The minimum absolute atomic E-state index is 0.0251. The highest BCUT2D eigenvalue weighted by Gasteiger charge is 2.29. The number of sulfonamides is 1. The number of aryl methyl sites for hydroxylation is 1. The average molecular weight is 384 g/mol. The molecule has 0 atom stereocenters. The third-order valence-electron chi connectivity index (χ3n) is 4.23. The molecule has 0 spiro atoms. The van der Waals surface area contributed by atoms with E-state index in [4.69, 9.17) is 11.6 Å². The lowest BCUT2D eigenvalue weighted by molar-refractivity contribution is 0.181. The predicted octanol–water partition coefficient (Wildman–Crippen LogP) is 2.69. The van der Waals surface area contributed by atoms with E-state index in [9.17, 15) is 12.8 Å². The molecule has 0 N–H and O–H groups in total. The van der Waals surface area contributed by atoms with Gasteiger partial charge < -0.3 is 0 Å². The van der Waals surface area contributed by atoms with Crippen molar-refractivity contribution in [1.82, 2.24) is 14.2 Å². The highest BCUT2D eigenvalue weighted by Crippen LogP contribution is 2.23. The van der Waals surface area contributed by atoms with Crippen molar-refractivity contribution in [3.63, 3.8) is 0 Å². The summed E-state index contributed by atoms with van der Waals surface area (Å²) in [6.45, 7) is 4.76. The van der Waals surface area contributed by atoms with Crippen LogP contribution in [0.25, 0.3) is 0 Å². The molecule has 0 bridgehead atoms.